The summed E-state index contributed by atoms with van der Waals surface area (Å²) in [7, 11) is 2.20. The Kier molecular flexibility index (Phi) is 4.23. The van der Waals surface area contributed by atoms with Crippen LogP contribution in [0.25, 0.3) is 0 Å². The van der Waals surface area contributed by atoms with Crippen molar-refractivity contribution in [3.63, 3.8) is 0 Å². The second-order valence-corrected chi connectivity index (χ2v) is 7.37. The Morgan fingerprint density at radius 1 is 1.12 bits per heavy atom. The molecule has 1 aliphatic rings. The van der Waals surface area contributed by atoms with E-state index in [1.165, 1.54) is 4.90 Å². The summed E-state index contributed by atoms with van der Waals surface area (Å²) in [5, 5.41) is 0. The Bertz CT molecular complexity index is 270. The van der Waals surface area contributed by atoms with Crippen molar-refractivity contribution in [1.82, 2.24) is 4.90 Å². The molecule has 0 bridgehead atoms. The molecule has 1 aliphatic heterocycles. The minimum atomic E-state index is -0.233. The Labute approximate surface area is 106 Å². The maximum absolute atomic E-state index is 12.5. The van der Waals surface area contributed by atoms with Crippen LogP contribution in [0.1, 0.15) is 41.0 Å². The van der Waals surface area contributed by atoms with Gasteiger partial charge >= 0.3 is 0 Å². The molecule has 1 fully saturated rings. The number of hydrogen-bond donors (Lipinski definition) is 1. The first-order valence-corrected chi connectivity index (χ1v) is 6.72. The third-order valence-corrected chi connectivity index (χ3v) is 3.46. The fourth-order valence-electron chi connectivity index (χ4n) is 2.92. The van der Waals surface area contributed by atoms with E-state index in [9.17, 15) is 4.79 Å². The minimum Gasteiger partial charge on any atom is -0.334 e. The molecule has 0 aromatic rings. The second kappa shape index (κ2) is 4.97. The molecule has 0 saturated carbocycles. The minimum absolute atomic E-state index is 0.205. The number of carbonyl (C=O) groups is 1. The van der Waals surface area contributed by atoms with Gasteiger partial charge in [0.25, 0.3) is 0 Å². The van der Waals surface area contributed by atoms with Crippen LogP contribution in [-0.2, 0) is 4.79 Å². The number of carbonyl (C=O) groups excluding carboxylic acids is 1. The van der Waals surface area contributed by atoms with Crippen molar-refractivity contribution >= 4 is 5.91 Å². The Morgan fingerprint density at radius 2 is 1.59 bits per heavy atom. The lowest BCUT2D eigenvalue weighted by molar-refractivity contribution is -0.883. The Hall–Kier alpha value is -0.570. The number of piperazine rings is 1. The molecule has 0 radical (unpaired) electrons. The zero-order valence-corrected chi connectivity index (χ0v) is 12.4. The predicted octanol–water partition coefficient (Wildman–Crippen LogP) is 0.806. The van der Waals surface area contributed by atoms with E-state index in [0.717, 1.165) is 32.6 Å². The first-order chi connectivity index (χ1) is 7.62. The Balaban J connectivity index is 2.62. The van der Waals surface area contributed by atoms with Crippen molar-refractivity contribution < 1.29 is 9.69 Å². The van der Waals surface area contributed by atoms with E-state index >= 15 is 0 Å². The molecule has 0 aromatic carbocycles. The summed E-state index contributed by atoms with van der Waals surface area (Å²) in [5.41, 5.74) is -0.0273. The maximum Gasteiger partial charge on any atom is 0.228 e. The molecule has 1 rings (SSSR count). The van der Waals surface area contributed by atoms with Crippen molar-refractivity contribution in [2.75, 3.05) is 33.2 Å². The van der Waals surface area contributed by atoms with E-state index < -0.39 is 0 Å². The lowest BCUT2D eigenvalue weighted by Gasteiger charge is -2.38. The number of nitrogens with zero attached hydrogens (tertiary/aromatic N) is 1. The van der Waals surface area contributed by atoms with Gasteiger partial charge in [0, 0.05) is 5.41 Å². The highest BCUT2D eigenvalue weighted by molar-refractivity contribution is 5.82. The molecule has 0 spiro atoms. The zero-order valence-electron chi connectivity index (χ0n) is 12.4. The van der Waals surface area contributed by atoms with Gasteiger partial charge in [0.15, 0.2) is 0 Å². The molecule has 17 heavy (non-hydrogen) atoms. The monoisotopic (exact) mass is 241 g/mol. The fraction of sp³-hybridized carbons (Fsp3) is 0.929. The highest BCUT2D eigenvalue weighted by Crippen LogP contribution is 2.34. The third-order valence-electron chi connectivity index (χ3n) is 3.46. The molecule has 1 saturated heterocycles. The molecule has 3 heteroatoms. The van der Waals surface area contributed by atoms with Gasteiger partial charge < -0.3 is 9.80 Å². The predicted molar refractivity (Wildman–Crippen MR) is 71.1 cm³/mol. The van der Waals surface area contributed by atoms with Gasteiger partial charge in [-0.25, -0.2) is 0 Å². The van der Waals surface area contributed by atoms with E-state index in [2.05, 4.69) is 46.6 Å². The van der Waals surface area contributed by atoms with E-state index in [4.69, 9.17) is 0 Å². The van der Waals surface area contributed by atoms with E-state index in [1.807, 2.05) is 0 Å². The summed E-state index contributed by atoms with van der Waals surface area (Å²) in [6.45, 7) is 14.8. The molecule has 0 unspecified atom stereocenters. The first kappa shape index (κ1) is 14.5. The molecule has 0 atom stereocenters. The molecular formula is C14H29N2O+. The summed E-state index contributed by atoms with van der Waals surface area (Å²) in [5.74, 6) is 0.333. The molecule has 1 amide bonds. The average Bonchev–Trinajstić information content (AvgIpc) is 2.14. The number of quaternary nitrogens is 1. The molecule has 0 aromatic heterocycles. The van der Waals surface area contributed by atoms with Crippen LogP contribution in [0.4, 0.5) is 0 Å². The summed E-state index contributed by atoms with van der Waals surface area (Å²) >= 11 is 0. The average molecular weight is 241 g/mol. The van der Waals surface area contributed by atoms with Crippen molar-refractivity contribution in [1.29, 1.82) is 0 Å². The van der Waals surface area contributed by atoms with Gasteiger partial charge in [-0.3, -0.25) is 4.79 Å². The highest BCUT2D eigenvalue weighted by Gasteiger charge is 2.36. The normalized spacial score (nSPS) is 19.5. The van der Waals surface area contributed by atoms with Crippen LogP contribution in [0.5, 0.6) is 0 Å². The first-order valence-electron chi connectivity index (χ1n) is 6.72. The van der Waals surface area contributed by atoms with Gasteiger partial charge in [-0.2, -0.15) is 0 Å². The summed E-state index contributed by atoms with van der Waals surface area (Å²) in [6.07, 6.45) is 0.942. The third kappa shape index (κ3) is 4.30. The molecule has 1 N–H and O–H groups in total. The Morgan fingerprint density at radius 3 is 2.00 bits per heavy atom. The van der Waals surface area contributed by atoms with Crippen LogP contribution in [0.2, 0.25) is 0 Å². The SMILES string of the molecule is C[NH+]1CCN(C(=O)C(C)(C)CC(C)(C)C)CC1. The smallest absolute Gasteiger partial charge is 0.228 e. The molecule has 1 heterocycles. The standard InChI is InChI=1S/C14H28N2O/c1-13(2,3)11-14(4,5)12(17)16-9-7-15(6)8-10-16/h7-11H2,1-6H3/p+1. The lowest BCUT2D eigenvalue weighted by atomic mass is 9.75. The second-order valence-electron chi connectivity index (χ2n) is 7.37. The fourth-order valence-corrected chi connectivity index (χ4v) is 2.92. The van der Waals surface area contributed by atoms with Crippen LogP contribution >= 0.6 is 0 Å². The van der Waals surface area contributed by atoms with E-state index in [0.29, 0.717) is 5.91 Å². The zero-order chi connectivity index (χ0) is 13.3. The molecular weight excluding hydrogens is 212 g/mol. The number of likely N-dealkylation sites (N-methyl/N-ethyl adjacent to an activating group) is 1. The van der Waals surface area contributed by atoms with Crippen LogP contribution in [0.15, 0.2) is 0 Å². The number of hydrogen-bond acceptors (Lipinski definition) is 1. The number of nitrogens with one attached hydrogen (secondary N) is 1. The topological polar surface area (TPSA) is 24.8 Å². The largest absolute Gasteiger partial charge is 0.334 e. The summed E-state index contributed by atoms with van der Waals surface area (Å²) in [6, 6.07) is 0. The van der Waals surface area contributed by atoms with Gasteiger partial charge in [0.05, 0.1) is 33.2 Å². The van der Waals surface area contributed by atoms with Crippen LogP contribution in [-0.4, -0.2) is 44.0 Å². The van der Waals surface area contributed by atoms with Gasteiger partial charge in [-0.05, 0) is 11.8 Å². The van der Waals surface area contributed by atoms with Crippen LogP contribution in [0, 0.1) is 10.8 Å². The van der Waals surface area contributed by atoms with Gasteiger partial charge in [-0.15, -0.1) is 0 Å². The van der Waals surface area contributed by atoms with Crippen molar-refractivity contribution in [3.8, 4) is 0 Å². The van der Waals surface area contributed by atoms with E-state index in [-0.39, 0.29) is 10.8 Å². The quantitative estimate of drug-likeness (QED) is 0.760. The van der Waals surface area contributed by atoms with Crippen molar-refractivity contribution in [2.45, 2.75) is 41.0 Å². The molecule has 3 nitrogen and oxygen atoms in total. The maximum atomic E-state index is 12.5. The van der Waals surface area contributed by atoms with Gasteiger partial charge in [0.1, 0.15) is 0 Å². The van der Waals surface area contributed by atoms with Crippen molar-refractivity contribution in [3.05, 3.63) is 0 Å². The molecule has 100 valence electrons. The van der Waals surface area contributed by atoms with Gasteiger partial charge in [-0.1, -0.05) is 34.6 Å². The number of amides is 1. The van der Waals surface area contributed by atoms with Crippen LogP contribution < -0.4 is 4.90 Å². The summed E-state index contributed by atoms with van der Waals surface area (Å²) in [4.78, 5) is 16.1. The van der Waals surface area contributed by atoms with Gasteiger partial charge in [0.2, 0.25) is 5.91 Å². The number of rotatable bonds is 2. The highest BCUT2D eigenvalue weighted by atomic mass is 16.2. The molecule has 0 aliphatic carbocycles. The van der Waals surface area contributed by atoms with Crippen LogP contribution in [0.3, 0.4) is 0 Å². The summed E-state index contributed by atoms with van der Waals surface area (Å²) < 4.78 is 0. The lowest BCUT2D eigenvalue weighted by Crippen LogP contribution is -3.12. The van der Waals surface area contributed by atoms with E-state index in [1.54, 1.807) is 0 Å². The van der Waals surface area contributed by atoms with Crippen molar-refractivity contribution in [2.24, 2.45) is 10.8 Å².